The van der Waals surface area contributed by atoms with Gasteiger partial charge in [-0.2, -0.15) is 0 Å². The number of carbonyl (C=O) groups excluding carboxylic acids is 1. The van der Waals surface area contributed by atoms with Crippen LogP contribution in [0.3, 0.4) is 0 Å². The van der Waals surface area contributed by atoms with Gasteiger partial charge >= 0.3 is 6.03 Å². The molecule has 0 atom stereocenters. The molecule has 2 amide bonds. The van der Waals surface area contributed by atoms with E-state index in [9.17, 15) is 4.79 Å². The molecule has 0 aromatic rings. The molecule has 0 radical (unpaired) electrons. The zero-order valence-corrected chi connectivity index (χ0v) is 17.2. The van der Waals surface area contributed by atoms with Crippen molar-refractivity contribution in [1.29, 1.82) is 0 Å². The van der Waals surface area contributed by atoms with Gasteiger partial charge in [0.15, 0.2) is 0 Å². The molecule has 0 aliphatic heterocycles. The summed E-state index contributed by atoms with van der Waals surface area (Å²) in [6, 6.07) is -0.150. The Bertz CT molecular complexity index is 412. The number of hydrogen-bond donors (Lipinski definition) is 1. The van der Waals surface area contributed by atoms with E-state index in [0.717, 1.165) is 30.7 Å². The molecule has 0 saturated heterocycles. The highest BCUT2D eigenvalue weighted by molar-refractivity contribution is 5.73. The lowest BCUT2D eigenvalue weighted by Crippen LogP contribution is -2.62. The summed E-state index contributed by atoms with van der Waals surface area (Å²) in [7, 11) is 0. The molecule has 4 fully saturated rings. The molecule has 4 aliphatic rings. The zero-order valence-electron chi connectivity index (χ0n) is 17.2. The van der Waals surface area contributed by atoms with Crippen molar-refractivity contribution in [2.24, 2.45) is 23.5 Å². The minimum Gasteiger partial charge on any atom is -0.351 e. The van der Waals surface area contributed by atoms with Gasteiger partial charge in [0.25, 0.3) is 0 Å². The summed E-state index contributed by atoms with van der Waals surface area (Å²) in [5, 5.41) is 0. The predicted octanol–water partition coefficient (Wildman–Crippen LogP) is 6.26. The highest BCUT2D eigenvalue weighted by Gasteiger charge is 2.54. The van der Waals surface area contributed by atoms with Crippen LogP contribution < -0.4 is 5.73 Å². The Kier molecular flexibility index (Phi) is 7.28. The molecule has 0 unspecified atom stereocenters. The quantitative estimate of drug-likeness (QED) is 0.409. The Morgan fingerprint density at radius 3 is 1.65 bits per heavy atom. The van der Waals surface area contributed by atoms with Gasteiger partial charge in [0.1, 0.15) is 0 Å². The third-order valence-electron chi connectivity index (χ3n) is 7.58. The minimum atomic E-state index is -0.150. The second kappa shape index (κ2) is 9.46. The molecule has 4 rings (SSSR count). The van der Waals surface area contributed by atoms with Crippen LogP contribution in [0, 0.1) is 17.8 Å². The van der Waals surface area contributed by atoms with Gasteiger partial charge < -0.3 is 10.6 Å². The first-order valence-corrected chi connectivity index (χ1v) is 11.7. The van der Waals surface area contributed by atoms with Crippen molar-refractivity contribution in [3.63, 3.8) is 0 Å². The molecular weight excluding hydrogens is 320 g/mol. The second-order valence-corrected chi connectivity index (χ2v) is 9.81. The van der Waals surface area contributed by atoms with Crippen LogP contribution in [0.15, 0.2) is 0 Å². The number of hydrogen-bond acceptors (Lipinski definition) is 1. The number of nitrogens with two attached hydrogens (primary N) is 1. The van der Waals surface area contributed by atoms with Crippen molar-refractivity contribution in [2.45, 2.75) is 115 Å². The molecular formula is C23H42N2O. The molecule has 3 nitrogen and oxygen atoms in total. The van der Waals surface area contributed by atoms with Crippen LogP contribution in [-0.2, 0) is 0 Å². The Morgan fingerprint density at radius 2 is 1.23 bits per heavy atom. The minimum absolute atomic E-state index is 0.139. The lowest BCUT2D eigenvalue weighted by atomic mass is 9.52. The summed E-state index contributed by atoms with van der Waals surface area (Å²) >= 11 is 0. The van der Waals surface area contributed by atoms with E-state index < -0.39 is 0 Å². The van der Waals surface area contributed by atoms with E-state index in [1.165, 1.54) is 96.3 Å². The molecule has 3 heteroatoms. The molecule has 0 heterocycles. The number of amides is 2. The van der Waals surface area contributed by atoms with Gasteiger partial charge in [-0.3, -0.25) is 0 Å². The van der Waals surface area contributed by atoms with Gasteiger partial charge in [0.2, 0.25) is 0 Å². The second-order valence-electron chi connectivity index (χ2n) is 9.81. The van der Waals surface area contributed by atoms with Crippen molar-refractivity contribution in [3.8, 4) is 0 Å². The molecule has 0 spiro atoms. The van der Waals surface area contributed by atoms with E-state index in [-0.39, 0.29) is 11.6 Å². The number of urea groups is 1. The van der Waals surface area contributed by atoms with Crippen molar-refractivity contribution < 1.29 is 4.79 Å². The van der Waals surface area contributed by atoms with E-state index in [4.69, 9.17) is 5.73 Å². The van der Waals surface area contributed by atoms with Crippen LogP contribution in [0.1, 0.15) is 110 Å². The summed E-state index contributed by atoms with van der Waals surface area (Å²) in [5.41, 5.74) is 6.00. The maximum Gasteiger partial charge on any atom is 0.315 e. The van der Waals surface area contributed by atoms with E-state index in [1.54, 1.807) is 0 Å². The van der Waals surface area contributed by atoms with Gasteiger partial charge in [-0.15, -0.1) is 0 Å². The average Bonchev–Trinajstić information content (AvgIpc) is 2.58. The molecule has 0 aromatic carbocycles. The van der Waals surface area contributed by atoms with E-state index in [2.05, 4.69) is 11.8 Å². The molecule has 2 N–H and O–H groups in total. The largest absolute Gasteiger partial charge is 0.351 e. The standard InChI is InChI=1S/C23H42N2O/c1-2-3-4-5-6-7-8-9-10-11-12-25(22(24)26)23-16-19-13-20(17-23)15-21(14-19)18-23/h19-21H,2-18H2,1H3,(H2,24,26). The third-order valence-corrected chi connectivity index (χ3v) is 7.58. The summed E-state index contributed by atoms with van der Waals surface area (Å²) in [6.45, 7) is 3.18. The molecule has 0 aromatic heterocycles. The van der Waals surface area contributed by atoms with Crippen molar-refractivity contribution in [1.82, 2.24) is 4.90 Å². The summed E-state index contributed by atoms with van der Waals surface area (Å²) in [4.78, 5) is 14.4. The van der Waals surface area contributed by atoms with E-state index in [1.807, 2.05) is 0 Å². The summed E-state index contributed by atoms with van der Waals surface area (Å²) in [6.07, 6.45) is 21.4. The smallest absolute Gasteiger partial charge is 0.315 e. The maximum absolute atomic E-state index is 12.3. The Balaban J connectivity index is 1.35. The summed E-state index contributed by atoms with van der Waals surface area (Å²) < 4.78 is 0. The van der Waals surface area contributed by atoms with Crippen LogP contribution in [0.25, 0.3) is 0 Å². The van der Waals surface area contributed by atoms with Crippen molar-refractivity contribution in [2.75, 3.05) is 6.54 Å². The number of carbonyl (C=O) groups is 1. The van der Waals surface area contributed by atoms with Crippen LogP contribution in [0.4, 0.5) is 4.79 Å². The van der Waals surface area contributed by atoms with E-state index >= 15 is 0 Å². The fourth-order valence-corrected chi connectivity index (χ4v) is 6.73. The van der Waals surface area contributed by atoms with Crippen LogP contribution in [0.5, 0.6) is 0 Å². The topological polar surface area (TPSA) is 46.3 Å². The average molecular weight is 363 g/mol. The number of unbranched alkanes of at least 4 members (excludes halogenated alkanes) is 9. The van der Waals surface area contributed by atoms with Crippen molar-refractivity contribution >= 4 is 6.03 Å². The summed E-state index contributed by atoms with van der Waals surface area (Å²) in [5.74, 6) is 2.61. The monoisotopic (exact) mass is 362 g/mol. The van der Waals surface area contributed by atoms with Gasteiger partial charge in [-0.05, 0) is 62.7 Å². The molecule has 4 aliphatic carbocycles. The SMILES string of the molecule is CCCCCCCCCCCCN(C(N)=O)C12CC3CC(CC(C3)C1)C2. The van der Waals surface area contributed by atoms with Crippen molar-refractivity contribution in [3.05, 3.63) is 0 Å². The Labute approximate surface area is 161 Å². The van der Waals surface area contributed by atoms with Gasteiger partial charge in [-0.1, -0.05) is 64.7 Å². The first kappa shape index (κ1) is 20.0. The Hall–Kier alpha value is -0.730. The zero-order chi connectivity index (χ0) is 18.4. The Morgan fingerprint density at radius 1 is 0.808 bits per heavy atom. The van der Waals surface area contributed by atoms with Crippen LogP contribution in [0.2, 0.25) is 0 Å². The van der Waals surface area contributed by atoms with Crippen LogP contribution >= 0.6 is 0 Å². The molecule has 150 valence electrons. The fraction of sp³-hybridized carbons (Fsp3) is 0.957. The van der Waals surface area contributed by atoms with Gasteiger partial charge in [0.05, 0.1) is 0 Å². The molecule has 4 saturated carbocycles. The molecule has 26 heavy (non-hydrogen) atoms. The number of nitrogens with zero attached hydrogens (tertiary/aromatic N) is 1. The number of rotatable bonds is 12. The highest BCUT2D eigenvalue weighted by Crippen LogP contribution is 2.57. The molecule has 4 bridgehead atoms. The third kappa shape index (κ3) is 4.95. The fourth-order valence-electron chi connectivity index (χ4n) is 6.73. The van der Waals surface area contributed by atoms with Crippen LogP contribution in [-0.4, -0.2) is 23.0 Å². The normalized spacial score (nSPS) is 32.1. The lowest BCUT2D eigenvalue weighted by Gasteiger charge is -2.60. The first-order valence-electron chi connectivity index (χ1n) is 11.7. The first-order chi connectivity index (χ1) is 12.6. The maximum atomic E-state index is 12.3. The van der Waals surface area contributed by atoms with E-state index in [0.29, 0.717) is 0 Å². The highest BCUT2D eigenvalue weighted by atomic mass is 16.2. The number of primary amides is 1. The predicted molar refractivity (Wildman–Crippen MR) is 109 cm³/mol. The van der Waals surface area contributed by atoms with Gasteiger partial charge in [-0.25, -0.2) is 4.79 Å². The van der Waals surface area contributed by atoms with Gasteiger partial charge in [0, 0.05) is 12.1 Å². The lowest BCUT2D eigenvalue weighted by molar-refractivity contribution is -0.0694.